The molecule has 0 saturated carbocycles. The number of nitrogens with zero attached hydrogens (tertiary/aromatic N) is 3. The van der Waals surface area contributed by atoms with E-state index in [1.54, 1.807) is 25.4 Å². The minimum atomic E-state index is -2.97. The highest BCUT2D eigenvalue weighted by Gasteiger charge is 2.23. The number of hydrogen-bond donors (Lipinski definition) is 2. The molecule has 154 valence electrons. The molecule has 0 radical (unpaired) electrons. The third-order valence-electron chi connectivity index (χ3n) is 4.38. The van der Waals surface area contributed by atoms with Crippen LogP contribution in [-0.4, -0.2) is 32.9 Å². The number of benzene rings is 1. The fourth-order valence-electron chi connectivity index (χ4n) is 2.92. The van der Waals surface area contributed by atoms with Crippen LogP contribution >= 0.6 is 15.9 Å². The van der Waals surface area contributed by atoms with E-state index in [2.05, 4.69) is 36.5 Å². The van der Waals surface area contributed by atoms with Crippen LogP contribution in [0.4, 0.5) is 20.3 Å². The van der Waals surface area contributed by atoms with Crippen LogP contribution in [0.1, 0.15) is 42.7 Å². The molecule has 0 aliphatic rings. The minimum Gasteiger partial charge on any atom is -0.346 e. The molecule has 29 heavy (non-hydrogen) atoms. The number of aryl methyl sites for hydroxylation is 1. The van der Waals surface area contributed by atoms with E-state index < -0.39 is 18.4 Å². The lowest BCUT2D eigenvalue weighted by atomic mass is 10.1. The van der Waals surface area contributed by atoms with Crippen LogP contribution in [0.2, 0.25) is 0 Å². The van der Waals surface area contributed by atoms with Crippen molar-refractivity contribution in [1.29, 1.82) is 0 Å². The first-order valence-corrected chi connectivity index (χ1v) is 9.91. The predicted molar refractivity (Wildman–Crippen MR) is 113 cm³/mol. The summed E-state index contributed by atoms with van der Waals surface area (Å²) in [6, 6.07) is 7.21. The van der Waals surface area contributed by atoms with Crippen molar-refractivity contribution in [3.05, 3.63) is 46.3 Å². The number of hydrogen-bond acceptors (Lipinski definition) is 4. The van der Waals surface area contributed by atoms with E-state index in [-0.39, 0.29) is 6.04 Å². The van der Waals surface area contributed by atoms with Crippen LogP contribution in [0.5, 0.6) is 0 Å². The zero-order valence-electron chi connectivity index (χ0n) is 16.6. The number of nitrogens with one attached hydrogen (secondary N) is 2. The molecule has 0 saturated heterocycles. The van der Waals surface area contributed by atoms with Gasteiger partial charge in [-0.2, -0.15) is 0 Å². The van der Waals surface area contributed by atoms with E-state index in [4.69, 9.17) is 0 Å². The number of alkyl halides is 2. The molecule has 0 aliphatic heterocycles. The lowest BCUT2D eigenvalue weighted by Gasteiger charge is -2.15. The molecule has 0 fully saturated rings. The van der Waals surface area contributed by atoms with Crippen molar-refractivity contribution < 1.29 is 13.6 Å². The Bertz CT molecular complexity index is 1060. The van der Waals surface area contributed by atoms with Crippen molar-refractivity contribution in [2.24, 2.45) is 0 Å². The summed E-state index contributed by atoms with van der Waals surface area (Å²) in [6.45, 7) is 5.90. The topological polar surface area (TPSA) is 71.8 Å². The molecule has 3 aromatic rings. The van der Waals surface area contributed by atoms with Crippen LogP contribution < -0.4 is 10.6 Å². The normalized spacial score (nSPS) is 11.9. The average Bonchev–Trinajstić information content (AvgIpc) is 3.05. The number of aromatic nitrogens is 3. The van der Waals surface area contributed by atoms with E-state index in [9.17, 15) is 13.6 Å². The third kappa shape index (κ3) is 4.90. The summed E-state index contributed by atoms with van der Waals surface area (Å²) in [6.07, 6.45) is 1.76. The van der Waals surface area contributed by atoms with Crippen molar-refractivity contribution in [1.82, 2.24) is 19.9 Å². The molecular weight excluding hydrogens is 444 g/mol. The predicted octanol–water partition coefficient (Wildman–Crippen LogP) is 5.21. The van der Waals surface area contributed by atoms with E-state index in [1.807, 2.05) is 30.5 Å². The maximum atomic E-state index is 13.1. The standard InChI is InChI=1S/C20H22BrF2N5O/c1-11(2)28-10-25-15-8-16(21)27-18(17(15)28)26-13-6-5-12(3)14(7-13)19(29)24-9-20(4,22)23/h5-8,10-11H,9H2,1-4H3,(H,24,29)(H,26,27). The molecule has 0 spiro atoms. The average molecular weight is 466 g/mol. The summed E-state index contributed by atoms with van der Waals surface area (Å²) in [5.74, 6) is -2.94. The second-order valence-corrected chi connectivity index (χ2v) is 8.13. The summed E-state index contributed by atoms with van der Waals surface area (Å²) in [7, 11) is 0. The second kappa shape index (κ2) is 8.06. The Morgan fingerprint density at radius 3 is 2.69 bits per heavy atom. The summed E-state index contributed by atoms with van der Waals surface area (Å²) in [4.78, 5) is 21.3. The highest BCUT2D eigenvalue weighted by molar-refractivity contribution is 9.10. The molecule has 0 atom stereocenters. The SMILES string of the molecule is Cc1ccc(Nc2nc(Br)cc3ncn(C(C)C)c23)cc1C(=O)NCC(C)(F)F. The van der Waals surface area contributed by atoms with Crippen molar-refractivity contribution >= 4 is 44.4 Å². The van der Waals surface area contributed by atoms with Gasteiger partial charge in [0.05, 0.1) is 18.4 Å². The highest BCUT2D eigenvalue weighted by atomic mass is 79.9. The molecule has 2 N–H and O–H groups in total. The Hall–Kier alpha value is -2.55. The number of carbonyl (C=O) groups is 1. The minimum absolute atomic E-state index is 0.179. The van der Waals surface area contributed by atoms with Gasteiger partial charge in [0.15, 0.2) is 5.82 Å². The van der Waals surface area contributed by atoms with Gasteiger partial charge < -0.3 is 15.2 Å². The van der Waals surface area contributed by atoms with Crippen LogP contribution in [0.3, 0.4) is 0 Å². The fraction of sp³-hybridized carbons (Fsp3) is 0.350. The fourth-order valence-corrected chi connectivity index (χ4v) is 3.31. The van der Waals surface area contributed by atoms with Crippen molar-refractivity contribution in [3.63, 3.8) is 0 Å². The van der Waals surface area contributed by atoms with Crippen LogP contribution in [-0.2, 0) is 0 Å². The molecule has 0 unspecified atom stereocenters. The summed E-state index contributed by atoms with van der Waals surface area (Å²) < 4.78 is 28.8. The number of rotatable bonds is 6. The number of imidazole rings is 1. The van der Waals surface area contributed by atoms with Gasteiger partial charge in [-0.3, -0.25) is 4.79 Å². The molecule has 6 nitrogen and oxygen atoms in total. The Kier molecular flexibility index (Phi) is 5.88. The maximum absolute atomic E-state index is 13.1. The Labute approximate surface area is 175 Å². The molecule has 2 aromatic heterocycles. The molecule has 2 heterocycles. The van der Waals surface area contributed by atoms with E-state index in [0.29, 0.717) is 27.2 Å². The highest BCUT2D eigenvalue weighted by Crippen LogP contribution is 2.29. The molecular formula is C20H22BrF2N5O. The number of pyridine rings is 1. The first-order chi connectivity index (χ1) is 13.5. The molecule has 0 bridgehead atoms. The van der Waals surface area contributed by atoms with Gasteiger partial charge in [0, 0.05) is 24.2 Å². The third-order valence-corrected chi connectivity index (χ3v) is 4.79. The Morgan fingerprint density at radius 2 is 2.03 bits per heavy atom. The van der Waals surface area contributed by atoms with Crippen molar-refractivity contribution in [2.75, 3.05) is 11.9 Å². The van der Waals surface area contributed by atoms with Gasteiger partial charge in [-0.15, -0.1) is 0 Å². The number of carbonyl (C=O) groups excluding carboxylic acids is 1. The van der Waals surface area contributed by atoms with E-state index >= 15 is 0 Å². The number of fused-ring (bicyclic) bond motifs is 1. The number of anilines is 2. The maximum Gasteiger partial charge on any atom is 0.262 e. The lowest BCUT2D eigenvalue weighted by Crippen LogP contribution is -2.34. The Balaban J connectivity index is 1.95. The molecule has 1 amide bonds. The molecule has 9 heteroatoms. The number of amides is 1. The van der Waals surface area contributed by atoms with Crippen molar-refractivity contribution in [2.45, 2.75) is 39.7 Å². The van der Waals surface area contributed by atoms with Gasteiger partial charge in [-0.25, -0.2) is 18.7 Å². The smallest absolute Gasteiger partial charge is 0.262 e. The Morgan fingerprint density at radius 1 is 1.31 bits per heavy atom. The lowest BCUT2D eigenvalue weighted by molar-refractivity contribution is 0.0221. The monoisotopic (exact) mass is 465 g/mol. The quantitative estimate of drug-likeness (QED) is 0.490. The first kappa shape index (κ1) is 21.2. The van der Waals surface area contributed by atoms with E-state index in [0.717, 1.165) is 18.0 Å². The molecule has 1 aromatic carbocycles. The van der Waals surface area contributed by atoms with Gasteiger partial charge in [-0.1, -0.05) is 6.07 Å². The molecule has 0 aliphatic carbocycles. The van der Waals surface area contributed by atoms with Gasteiger partial charge >= 0.3 is 0 Å². The zero-order valence-corrected chi connectivity index (χ0v) is 18.1. The zero-order chi connectivity index (χ0) is 21.3. The van der Waals surface area contributed by atoms with Gasteiger partial charge in [-0.05, 0) is 60.5 Å². The first-order valence-electron chi connectivity index (χ1n) is 9.12. The summed E-state index contributed by atoms with van der Waals surface area (Å²) in [5.41, 5.74) is 3.24. The van der Waals surface area contributed by atoms with Crippen molar-refractivity contribution in [3.8, 4) is 0 Å². The largest absolute Gasteiger partial charge is 0.346 e. The number of halogens is 3. The van der Waals surface area contributed by atoms with E-state index in [1.165, 1.54) is 0 Å². The van der Waals surface area contributed by atoms with Gasteiger partial charge in [0.1, 0.15) is 10.1 Å². The van der Waals surface area contributed by atoms with Crippen LogP contribution in [0.15, 0.2) is 35.2 Å². The summed E-state index contributed by atoms with van der Waals surface area (Å²) in [5, 5.41) is 5.51. The van der Waals surface area contributed by atoms with Gasteiger partial charge in [0.25, 0.3) is 11.8 Å². The molecule has 3 rings (SSSR count). The van der Waals surface area contributed by atoms with Crippen LogP contribution in [0.25, 0.3) is 11.0 Å². The van der Waals surface area contributed by atoms with Gasteiger partial charge in [0.2, 0.25) is 0 Å². The summed E-state index contributed by atoms with van der Waals surface area (Å²) >= 11 is 3.40. The second-order valence-electron chi connectivity index (χ2n) is 7.31. The van der Waals surface area contributed by atoms with Crippen LogP contribution in [0, 0.1) is 6.92 Å².